The van der Waals surface area contributed by atoms with Crippen LogP contribution in [0.3, 0.4) is 0 Å². The van der Waals surface area contributed by atoms with Crippen LogP contribution in [0, 0.1) is 0 Å². The molecule has 0 radical (unpaired) electrons. The molecule has 0 saturated heterocycles. The molecule has 1 heterocycles. The molecule has 0 fully saturated rings. The molecule has 6 heteroatoms. The summed E-state index contributed by atoms with van der Waals surface area (Å²) in [5.74, 6) is -0.426. The maximum absolute atomic E-state index is 11.7. The summed E-state index contributed by atoms with van der Waals surface area (Å²) < 4.78 is 9.67. The molecule has 2 aromatic rings. The summed E-state index contributed by atoms with van der Waals surface area (Å²) in [6.07, 6.45) is 1.50. The number of ether oxygens (including phenoxy) is 1. The Bertz CT molecular complexity index is 552. The monoisotopic (exact) mass is 261 g/mol. The first kappa shape index (κ1) is 12.9. The predicted molar refractivity (Wildman–Crippen MR) is 70.6 cm³/mol. The van der Waals surface area contributed by atoms with E-state index in [4.69, 9.17) is 15.0 Å². The average Bonchev–Trinajstić information content (AvgIpc) is 2.91. The Kier molecular flexibility index (Phi) is 4.02. The van der Waals surface area contributed by atoms with E-state index in [1.807, 2.05) is 0 Å². The molecule has 0 saturated carbocycles. The summed E-state index contributed by atoms with van der Waals surface area (Å²) in [7, 11) is 0. The number of nitrogen functional groups attached to an aromatic ring is 1. The van der Waals surface area contributed by atoms with Gasteiger partial charge in [0.25, 0.3) is 0 Å². The SMILES string of the molecule is CCOC(=O)c1cccc(NCc2ccon2)c1N. The molecule has 0 aliphatic rings. The van der Waals surface area contributed by atoms with E-state index >= 15 is 0 Å². The first-order valence-electron chi connectivity index (χ1n) is 5.91. The van der Waals surface area contributed by atoms with Gasteiger partial charge < -0.3 is 20.3 Å². The van der Waals surface area contributed by atoms with Crippen molar-refractivity contribution in [1.82, 2.24) is 5.16 Å². The minimum Gasteiger partial charge on any atom is -0.462 e. The molecule has 0 bridgehead atoms. The van der Waals surface area contributed by atoms with Crippen LogP contribution in [0.2, 0.25) is 0 Å². The molecule has 0 atom stereocenters. The highest BCUT2D eigenvalue weighted by atomic mass is 16.5. The summed E-state index contributed by atoms with van der Waals surface area (Å²) >= 11 is 0. The summed E-state index contributed by atoms with van der Waals surface area (Å²) in [6.45, 7) is 2.53. The number of para-hydroxylation sites is 1. The standard InChI is InChI=1S/C13H15N3O3/c1-2-18-13(17)10-4-3-5-11(12(10)14)15-8-9-6-7-19-16-9/h3-7,15H,2,8,14H2,1H3. The third-order valence-corrected chi connectivity index (χ3v) is 2.55. The van der Waals surface area contributed by atoms with Crippen molar-refractivity contribution in [3.63, 3.8) is 0 Å². The molecule has 0 spiro atoms. The molecule has 2 rings (SSSR count). The molecule has 0 unspecified atom stereocenters. The van der Waals surface area contributed by atoms with Crippen LogP contribution in [0.5, 0.6) is 0 Å². The summed E-state index contributed by atoms with van der Waals surface area (Å²) in [6, 6.07) is 6.92. The van der Waals surface area contributed by atoms with Crippen molar-refractivity contribution in [2.24, 2.45) is 0 Å². The maximum Gasteiger partial charge on any atom is 0.340 e. The van der Waals surface area contributed by atoms with Crippen LogP contribution < -0.4 is 11.1 Å². The largest absolute Gasteiger partial charge is 0.462 e. The van der Waals surface area contributed by atoms with E-state index in [0.717, 1.165) is 5.69 Å². The summed E-state index contributed by atoms with van der Waals surface area (Å²) in [5.41, 5.74) is 8.08. The van der Waals surface area contributed by atoms with Crippen LogP contribution in [0.25, 0.3) is 0 Å². The third kappa shape index (κ3) is 3.04. The molecular weight excluding hydrogens is 246 g/mol. The first-order valence-corrected chi connectivity index (χ1v) is 5.91. The molecule has 3 N–H and O–H groups in total. The zero-order chi connectivity index (χ0) is 13.7. The lowest BCUT2D eigenvalue weighted by molar-refractivity contribution is 0.0527. The second kappa shape index (κ2) is 5.90. The number of hydrogen-bond donors (Lipinski definition) is 2. The van der Waals surface area contributed by atoms with E-state index in [1.54, 1.807) is 31.2 Å². The fourth-order valence-corrected chi connectivity index (χ4v) is 1.62. The topological polar surface area (TPSA) is 90.4 Å². The highest BCUT2D eigenvalue weighted by Gasteiger charge is 2.13. The number of nitrogens with one attached hydrogen (secondary N) is 1. The molecule has 100 valence electrons. The number of hydrogen-bond acceptors (Lipinski definition) is 6. The Morgan fingerprint density at radius 1 is 1.47 bits per heavy atom. The number of esters is 1. The number of nitrogens with two attached hydrogens (primary N) is 1. The van der Waals surface area contributed by atoms with Crippen LogP contribution >= 0.6 is 0 Å². The second-order valence-corrected chi connectivity index (χ2v) is 3.83. The van der Waals surface area contributed by atoms with E-state index in [-0.39, 0.29) is 0 Å². The summed E-state index contributed by atoms with van der Waals surface area (Å²) in [5, 5.41) is 6.88. The minimum absolute atomic E-state index is 0.314. The van der Waals surface area contributed by atoms with E-state index < -0.39 is 5.97 Å². The maximum atomic E-state index is 11.7. The van der Waals surface area contributed by atoms with E-state index in [1.165, 1.54) is 6.26 Å². The van der Waals surface area contributed by atoms with E-state index in [2.05, 4.69) is 10.5 Å². The van der Waals surface area contributed by atoms with Gasteiger partial charge in [0.15, 0.2) is 0 Å². The van der Waals surface area contributed by atoms with Gasteiger partial charge in [0.2, 0.25) is 0 Å². The molecular formula is C13H15N3O3. The lowest BCUT2D eigenvalue weighted by atomic mass is 10.1. The first-order chi connectivity index (χ1) is 9.22. The minimum atomic E-state index is -0.426. The fourth-order valence-electron chi connectivity index (χ4n) is 1.62. The Balaban J connectivity index is 2.13. The Hall–Kier alpha value is -2.50. The second-order valence-electron chi connectivity index (χ2n) is 3.83. The van der Waals surface area contributed by atoms with Gasteiger partial charge >= 0.3 is 5.97 Å². The molecule has 19 heavy (non-hydrogen) atoms. The number of carbonyl (C=O) groups is 1. The molecule has 1 aromatic heterocycles. The fraction of sp³-hybridized carbons (Fsp3) is 0.231. The lowest BCUT2D eigenvalue weighted by Gasteiger charge is -2.11. The van der Waals surface area contributed by atoms with Crippen molar-refractivity contribution in [3.05, 3.63) is 41.8 Å². The molecule has 0 aliphatic carbocycles. The van der Waals surface area contributed by atoms with Crippen LogP contribution in [-0.2, 0) is 11.3 Å². The van der Waals surface area contributed by atoms with Gasteiger partial charge in [0.05, 0.1) is 30.1 Å². The number of carbonyl (C=O) groups excluding carboxylic acids is 1. The van der Waals surface area contributed by atoms with E-state index in [0.29, 0.717) is 30.1 Å². The quantitative estimate of drug-likeness (QED) is 0.632. The van der Waals surface area contributed by atoms with Gasteiger partial charge in [-0.2, -0.15) is 0 Å². The zero-order valence-electron chi connectivity index (χ0n) is 10.6. The highest BCUT2D eigenvalue weighted by molar-refractivity contribution is 5.98. The highest BCUT2D eigenvalue weighted by Crippen LogP contribution is 2.23. The van der Waals surface area contributed by atoms with Crippen LogP contribution in [0.4, 0.5) is 11.4 Å². The number of aromatic nitrogens is 1. The van der Waals surface area contributed by atoms with Crippen molar-refractivity contribution in [2.75, 3.05) is 17.7 Å². The zero-order valence-corrected chi connectivity index (χ0v) is 10.6. The average molecular weight is 261 g/mol. The van der Waals surface area contributed by atoms with Crippen LogP contribution in [-0.4, -0.2) is 17.7 Å². The Morgan fingerprint density at radius 2 is 2.32 bits per heavy atom. The summed E-state index contributed by atoms with van der Waals surface area (Å²) in [4.78, 5) is 11.7. The molecule has 6 nitrogen and oxygen atoms in total. The van der Waals surface area contributed by atoms with Crippen molar-refractivity contribution in [3.8, 4) is 0 Å². The van der Waals surface area contributed by atoms with Gasteiger partial charge in [-0.15, -0.1) is 0 Å². The van der Waals surface area contributed by atoms with Gasteiger partial charge in [0, 0.05) is 6.07 Å². The lowest BCUT2D eigenvalue weighted by Crippen LogP contribution is -2.10. The van der Waals surface area contributed by atoms with Gasteiger partial charge in [-0.3, -0.25) is 0 Å². The number of nitrogens with zero attached hydrogens (tertiary/aromatic N) is 1. The van der Waals surface area contributed by atoms with Crippen molar-refractivity contribution < 1.29 is 14.1 Å². The van der Waals surface area contributed by atoms with Crippen molar-refractivity contribution in [1.29, 1.82) is 0 Å². The molecule has 0 amide bonds. The van der Waals surface area contributed by atoms with Crippen LogP contribution in [0.1, 0.15) is 23.0 Å². The number of rotatable bonds is 5. The van der Waals surface area contributed by atoms with Gasteiger partial charge in [-0.25, -0.2) is 4.79 Å². The molecule has 1 aromatic carbocycles. The third-order valence-electron chi connectivity index (χ3n) is 2.55. The Morgan fingerprint density at radius 3 is 3.00 bits per heavy atom. The van der Waals surface area contributed by atoms with E-state index in [9.17, 15) is 4.79 Å². The van der Waals surface area contributed by atoms with Gasteiger partial charge in [-0.1, -0.05) is 11.2 Å². The van der Waals surface area contributed by atoms with Gasteiger partial charge in [-0.05, 0) is 19.1 Å². The van der Waals surface area contributed by atoms with Crippen molar-refractivity contribution in [2.45, 2.75) is 13.5 Å². The van der Waals surface area contributed by atoms with Crippen LogP contribution in [0.15, 0.2) is 35.1 Å². The smallest absolute Gasteiger partial charge is 0.340 e. The van der Waals surface area contributed by atoms with Crippen molar-refractivity contribution >= 4 is 17.3 Å². The Labute approximate surface area is 110 Å². The van der Waals surface area contributed by atoms with Gasteiger partial charge in [0.1, 0.15) is 12.0 Å². The molecule has 0 aliphatic heterocycles. The normalized spacial score (nSPS) is 10.2. The number of anilines is 2. The predicted octanol–water partition coefficient (Wildman–Crippen LogP) is 2.05. The number of benzene rings is 1.